The van der Waals surface area contributed by atoms with Crippen LogP contribution in [-0.2, 0) is 10.3 Å². The molecule has 1 unspecified atom stereocenters. The minimum Gasteiger partial charge on any atom is -0.379 e. The van der Waals surface area contributed by atoms with Crippen LogP contribution < -0.4 is 5.73 Å². The van der Waals surface area contributed by atoms with Gasteiger partial charge in [-0.15, -0.1) is 10.2 Å². The molecule has 94 valence electrons. The summed E-state index contributed by atoms with van der Waals surface area (Å²) in [7, 11) is 0. The van der Waals surface area contributed by atoms with Gasteiger partial charge >= 0.3 is 0 Å². The van der Waals surface area contributed by atoms with Gasteiger partial charge in [-0.2, -0.15) is 0 Å². The number of rotatable bonds is 2. The number of aryl methyl sites for hydroxylation is 1. The first-order valence-corrected chi connectivity index (χ1v) is 6.49. The van der Waals surface area contributed by atoms with Crippen molar-refractivity contribution in [2.24, 2.45) is 5.73 Å². The summed E-state index contributed by atoms with van der Waals surface area (Å²) in [5.41, 5.74) is 5.99. The van der Waals surface area contributed by atoms with E-state index in [9.17, 15) is 0 Å². The monoisotopic (exact) mass is 236 g/mol. The van der Waals surface area contributed by atoms with E-state index >= 15 is 0 Å². The molecule has 1 saturated carbocycles. The molecule has 1 aromatic heterocycles. The van der Waals surface area contributed by atoms with Crippen LogP contribution in [-0.4, -0.2) is 28.0 Å². The zero-order valence-electron chi connectivity index (χ0n) is 10.4. The van der Waals surface area contributed by atoms with Crippen LogP contribution in [0, 0.1) is 6.92 Å². The summed E-state index contributed by atoms with van der Waals surface area (Å²) >= 11 is 0. The van der Waals surface area contributed by atoms with Gasteiger partial charge in [-0.3, -0.25) is 0 Å². The fraction of sp³-hybridized carbons (Fsp3) is 0.833. The number of hydrogen-bond acceptors (Lipinski definition) is 4. The molecule has 2 N–H and O–H groups in total. The highest BCUT2D eigenvalue weighted by atomic mass is 16.5. The molecule has 0 spiro atoms. The normalized spacial score (nSPS) is 30.2. The Labute approximate surface area is 101 Å². The molecule has 1 atom stereocenters. The maximum atomic E-state index is 6.41. The van der Waals surface area contributed by atoms with Crippen molar-refractivity contribution < 1.29 is 4.74 Å². The van der Waals surface area contributed by atoms with Crippen molar-refractivity contribution in [3.05, 3.63) is 11.6 Å². The van der Waals surface area contributed by atoms with E-state index in [0.717, 1.165) is 24.7 Å². The molecule has 2 aliphatic rings. The first kappa shape index (κ1) is 11.2. The fourth-order valence-corrected chi connectivity index (χ4v) is 3.07. The lowest BCUT2D eigenvalue weighted by Gasteiger charge is -2.25. The van der Waals surface area contributed by atoms with E-state index in [2.05, 4.69) is 14.8 Å². The molecule has 1 aliphatic carbocycles. The maximum absolute atomic E-state index is 6.41. The molecule has 17 heavy (non-hydrogen) atoms. The van der Waals surface area contributed by atoms with E-state index in [4.69, 9.17) is 10.5 Å². The smallest absolute Gasteiger partial charge is 0.155 e. The van der Waals surface area contributed by atoms with Gasteiger partial charge in [-0.05, 0) is 26.2 Å². The van der Waals surface area contributed by atoms with E-state index in [-0.39, 0.29) is 0 Å². The molecule has 1 aromatic rings. The van der Waals surface area contributed by atoms with Crippen LogP contribution in [0.15, 0.2) is 0 Å². The Morgan fingerprint density at radius 1 is 1.35 bits per heavy atom. The molecule has 1 saturated heterocycles. The minimum atomic E-state index is -0.427. The standard InChI is InChI=1S/C12H20N4O/c1-9-14-15-11(12(13)6-7-17-8-12)16(9)10-4-2-3-5-10/h10H,2-8,13H2,1H3. The van der Waals surface area contributed by atoms with Crippen molar-refractivity contribution >= 4 is 0 Å². The number of aromatic nitrogens is 3. The van der Waals surface area contributed by atoms with Gasteiger partial charge in [0.05, 0.1) is 6.61 Å². The van der Waals surface area contributed by atoms with E-state index in [1.54, 1.807) is 0 Å². The van der Waals surface area contributed by atoms with Crippen LogP contribution >= 0.6 is 0 Å². The second-order valence-electron chi connectivity index (χ2n) is 5.34. The Hall–Kier alpha value is -0.940. The molecular formula is C12H20N4O. The lowest BCUT2D eigenvalue weighted by molar-refractivity contribution is 0.174. The third-order valence-corrected chi connectivity index (χ3v) is 4.05. The van der Waals surface area contributed by atoms with Crippen LogP contribution in [0.1, 0.15) is 49.8 Å². The Balaban J connectivity index is 1.99. The molecule has 2 fully saturated rings. The van der Waals surface area contributed by atoms with Gasteiger partial charge < -0.3 is 15.0 Å². The highest BCUT2D eigenvalue weighted by molar-refractivity contribution is 5.12. The van der Waals surface area contributed by atoms with Crippen LogP contribution in [0.4, 0.5) is 0 Å². The molecule has 1 aliphatic heterocycles. The second kappa shape index (κ2) is 4.07. The minimum absolute atomic E-state index is 0.427. The van der Waals surface area contributed by atoms with Gasteiger partial charge in [-0.1, -0.05) is 12.8 Å². The molecule has 5 heteroatoms. The summed E-state index contributed by atoms with van der Waals surface area (Å²) in [5.74, 6) is 1.92. The third-order valence-electron chi connectivity index (χ3n) is 4.05. The summed E-state index contributed by atoms with van der Waals surface area (Å²) < 4.78 is 7.70. The van der Waals surface area contributed by atoms with Crippen molar-refractivity contribution in [2.75, 3.05) is 13.2 Å². The van der Waals surface area contributed by atoms with Crippen LogP contribution in [0.2, 0.25) is 0 Å². The average Bonchev–Trinajstić information content (AvgIpc) is 2.97. The predicted octanol–water partition coefficient (Wildman–Crippen LogP) is 1.28. The highest BCUT2D eigenvalue weighted by Gasteiger charge is 2.39. The van der Waals surface area contributed by atoms with E-state index < -0.39 is 5.54 Å². The summed E-state index contributed by atoms with van der Waals surface area (Å²) in [6, 6.07) is 0.543. The molecule has 0 bridgehead atoms. The highest BCUT2D eigenvalue weighted by Crippen LogP contribution is 2.35. The molecule has 0 amide bonds. The molecule has 0 aromatic carbocycles. The first-order valence-electron chi connectivity index (χ1n) is 6.49. The van der Waals surface area contributed by atoms with Crippen molar-refractivity contribution in [2.45, 2.75) is 50.6 Å². The van der Waals surface area contributed by atoms with Crippen molar-refractivity contribution in [3.63, 3.8) is 0 Å². The van der Waals surface area contributed by atoms with E-state index in [0.29, 0.717) is 12.6 Å². The lowest BCUT2D eigenvalue weighted by atomic mass is 9.98. The van der Waals surface area contributed by atoms with Gasteiger partial charge in [0.15, 0.2) is 5.82 Å². The quantitative estimate of drug-likeness (QED) is 0.840. The maximum Gasteiger partial charge on any atom is 0.155 e. The molecule has 5 nitrogen and oxygen atoms in total. The van der Waals surface area contributed by atoms with Gasteiger partial charge in [0.25, 0.3) is 0 Å². The van der Waals surface area contributed by atoms with Gasteiger partial charge in [0, 0.05) is 12.6 Å². The van der Waals surface area contributed by atoms with Gasteiger partial charge in [0.2, 0.25) is 0 Å². The number of hydrogen-bond donors (Lipinski definition) is 1. The van der Waals surface area contributed by atoms with Gasteiger partial charge in [-0.25, -0.2) is 0 Å². The van der Waals surface area contributed by atoms with E-state index in [1.807, 2.05) is 6.92 Å². The molecule has 0 radical (unpaired) electrons. The summed E-state index contributed by atoms with van der Waals surface area (Å²) in [6.45, 7) is 3.32. The third kappa shape index (κ3) is 1.77. The van der Waals surface area contributed by atoms with Crippen molar-refractivity contribution in [1.29, 1.82) is 0 Å². The van der Waals surface area contributed by atoms with E-state index in [1.165, 1.54) is 25.7 Å². The Bertz CT molecular complexity index is 403. The van der Waals surface area contributed by atoms with Crippen molar-refractivity contribution in [3.8, 4) is 0 Å². The summed E-state index contributed by atoms with van der Waals surface area (Å²) in [6.07, 6.45) is 5.90. The van der Waals surface area contributed by atoms with Crippen LogP contribution in [0.25, 0.3) is 0 Å². The van der Waals surface area contributed by atoms with Crippen LogP contribution in [0.3, 0.4) is 0 Å². The van der Waals surface area contributed by atoms with Crippen LogP contribution in [0.5, 0.6) is 0 Å². The molecule has 2 heterocycles. The Kier molecular flexibility index (Phi) is 2.67. The number of ether oxygens (including phenoxy) is 1. The summed E-state index contributed by atoms with van der Waals surface area (Å²) in [4.78, 5) is 0. The number of nitrogens with two attached hydrogens (primary N) is 1. The lowest BCUT2D eigenvalue weighted by Crippen LogP contribution is -2.40. The number of nitrogens with zero attached hydrogens (tertiary/aromatic N) is 3. The zero-order chi connectivity index (χ0) is 11.9. The fourth-order valence-electron chi connectivity index (χ4n) is 3.07. The second-order valence-corrected chi connectivity index (χ2v) is 5.34. The summed E-state index contributed by atoms with van der Waals surface area (Å²) in [5, 5.41) is 8.55. The van der Waals surface area contributed by atoms with Crippen molar-refractivity contribution in [1.82, 2.24) is 14.8 Å². The largest absolute Gasteiger partial charge is 0.379 e. The molecular weight excluding hydrogens is 216 g/mol. The zero-order valence-corrected chi connectivity index (χ0v) is 10.4. The SMILES string of the molecule is Cc1nnc(C2(N)CCOC2)n1C1CCCC1. The average molecular weight is 236 g/mol. The first-order chi connectivity index (χ1) is 8.21. The van der Waals surface area contributed by atoms with Gasteiger partial charge in [0.1, 0.15) is 11.4 Å². The topological polar surface area (TPSA) is 66.0 Å². The molecule has 3 rings (SSSR count). The predicted molar refractivity (Wildman–Crippen MR) is 63.6 cm³/mol. The Morgan fingerprint density at radius 2 is 2.12 bits per heavy atom. The Morgan fingerprint density at radius 3 is 2.76 bits per heavy atom.